The average molecular weight is 273 g/mol. The van der Waals surface area contributed by atoms with E-state index in [4.69, 9.17) is 5.11 Å². The van der Waals surface area contributed by atoms with Crippen molar-refractivity contribution in [2.75, 3.05) is 13.2 Å². The number of amides is 3. The molecule has 0 aliphatic carbocycles. The van der Waals surface area contributed by atoms with E-state index >= 15 is 0 Å². The number of nitrogens with one attached hydrogen (secondary N) is 3. The molecule has 1 saturated heterocycles. The van der Waals surface area contributed by atoms with Gasteiger partial charge < -0.3 is 26.2 Å². The Bertz CT molecular complexity index is 360. The molecule has 19 heavy (non-hydrogen) atoms. The molecule has 0 saturated carbocycles. The molecule has 0 aromatic rings. The van der Waals surface area contributed by atoms with Crippen molar-refractivity contribution >= 4 is 17.9 Å². The summed E-state index contributed by atoms with van der Waals surface area (Å²) in [7, 11) is 0. The number of hydrogen-bond donors (Lipinski definition) is 5. The van der Waals surface area contributed by atoms with Crippen LogP contribution >= 0.6 is 0 Å². The van der Waals surface area contributed by atoms with Crippen LogP contribution in [-0.4, -0.2) is 53.4 Å². The van der Waals surface area contributed by atoms with Crippen LogP contribution in [0.4, 0.5) is 4.79 Å². The summed E-state index contributed by atoms with van der Waals surface area (Å²) in [6, 6.07) is -1.47. The Balaban J connectivity index is 2.45. The summed E-state index contributed by atoms with van der Waals surface area (Å²) in [6.45, 7) is 1.71. The van der Waals surface area contributed by atoms with Crippen LogP contribution in [-0.2, 0) is 9.59 Å². The van der Waals surface area contributed by atoms with Gasteiger partial charge in [-0.25, -0.2) is 4.79 Å². The van der Waals surface area contributed by atoms with Gasteiger partial charge in [-0.05, 0) is 19.8 Å². The highest BCUT2D eigenvalue weighted by molar-refractivity contribution is 5.85. The van der Waals surface area contributed by atoms with Crippen LogP contribution in [0.15, 0.2) is 0 Å². The minimum Gasteiger partial charge on any atom is -0.465 e. The minimum atomic E-state index is -1.29. The van der Waals surface area contributed by atoms with Crippen LogP contribution in [0.25, 0.3) is 0 Å². The summed E-state index contributed by atoms with van der Waals surface area (Å²) in [5, 5.41) is 24.9. The lowest BCUT2D eigenvalue weighted by Crippen LogP contribution is -2.49. The van der Waals surface area contributed by atoms with Crippen LogP contribution in [0, 0.1) is 5.92 Å². The number of carboxylic acid groups (broad SMARTS) is 1. The number of rotatable bonds is 6. The van der Waals surface area contributed by atoms with Gasteiger partial charge >= 0.3 is 6.09 Å². The monoisotopic (exact) mass is 273 g/mol. The Labute approximate surface area is 110 Å². The van der Waals surface area contributed by atoms with Crippen molar-refractivity contribution in [1.82, 2.24) is 16.0 Å². The Hall–Kier alpha value is -1.83. The van der Waals surface area contributed by atoms with E-state index in [0.717, 1.165) is 0 Å². The molecule has 1 aliphatic heterocycles. The number of carbonyl (C=O) groups excluding carboxylic acids is 2. The van der Waals surface area contributed by atoms with Gasteiger partial charge in [-0.1, -0.05) is 0 Å². The lowest BCUT2D eigenvalue weighted by Gasteiger charge is -2.21. The fourth-order valence-corrected chi connectivity index (χ4v) is 1.97. The van der Waals surface area contributed by atoms with Crippen molar-refractivity contribution in [3.05, 3.63) is 0 Å². The first-order valence-corrected chi connectivity index (χ1v) is 6.12. The van der Waals surface area contributed by atoms with E-state index in [1.165, 1.54) is 6.92 Å². The van der Waals surface area contributed by atoms with Crippen LogP contribution < -0.4 is 16.0 Å². The average Bonchev–Trinajstić information content (AvgIpc) is 2.73. The third-order valence-electron chi connectivity index (χ3n) is 3.03. The molecule has 1 fully saturated rings. The Morgan fingerprint density at radius 3 is 2.63 bits per heavy atom. The molecule has 0 aromatic carbocycles. The summed E-state index contributed by atoms with van der Waals surface area (Å²) < 4.78 is 0. The van der Waals surface area contributed by atoms with Crippen LogP contribution in [0.3, 0.4) is 0 Å². The van der Waals surface area contributed by atoms with E-state index in [2.05, 4.69) is 10.6 Å². The topological polar surface area (TPSA) is 128 Å². The smallest absolute Gasteiger partial charge is 0.405 e. The van der Waals surface area contributed by atoms with E-state index < -0.39 is 24.1 Å². The zero-order chi connectivity index (χ0) is 14.4. The van der Waals surface area contributed by atoms with Crippen LogP contribution in [0.5, 0.6) is 0 Å². The maximum absolute atomic E-state index is 11.7. The molecule has 3 atom stereocenters. The maximum atomic E-state index is 11.7. The van der Waals surface area contributed by atoms with E-state index in [-0.39, 0.29) is 18.4 Å². The molecule has 0 bridgehead atoms. The predicted molar refractivity (Wildman–Crippen MR) is 65.4 cm³/mol. The van der Waals surface area contributed by atoms with Crippen molar-refractivity contribution in [2.24, 2.45) is 5.92 Å². The second-order valence-corrected chi connectivity index (χ2v) is 4.57. The zero-order valence-corrected chi connectivity index (χ0v) is 10.7. The number of carbonyl (C=O) groups is 3. The van der Waals surface area contributed by atoms with Gasteiger partial charge in [0.15, 0.2) is 0 Å². The fraction of sp³-hybridized carbons (Fsp3) is 0.727. The first kappa shape index (κ1) is 15.2. The Morgan fingerprint density at radius 2 is 2.16 bits per heavy atom. The summed E-state index contributed by atoms with van der Waals surface area (Å²) in [6.07, 6.45) is -0.277. The molecule has 0 radical (unpaired) electrons. The largest absolute Gasteiger partial charge is 0.465 e. The van der Waals surface area contributed by atoms with Gasteiger partial charge in [0.05, 0.1) is 12.6 Å². The van der Waals surface area contributed by atoms with Gasteiger partial charge in [0.2, 0.25) is 11.8 Å². The summed E-state index contributed by atoms with van der Waals surface area (Å²) in [5.74, 6) is -0.829. The zero-order valence-electron chi connectivity index (χ0n) is 10.7. The third-order valence-corrected chi connectivity index (χ3v) is 3.03. The van der Waals surface area contributed by atoms with Crippen molar-refractivity contribution in [3.63, 3.8) is 0 Å². The minimum absolute atomic E-state index is 0.0793. The maximum Gasteiger partial charge on any atom is 0.405 e. The van der Waals surface area contributed by atoms with Gasteiger partial charge in [-0.2, -0.15) is 0 Å². The molecule has 0 spiro atoms. The first-order valence-electron chi connectivity index (χ1n) is 6.12. The number of aliphatic hydroxyl groups excluding tert-OH is 1. The van der Waals surface area contributed by atoms with E-state index in [1.807, 2.05) is 5.32 Å². The molecular weight excluding hydrogens is 254 g/mol. The van der Waals surface area contributed by atoms with Crippen molar-refractivity contribution < 1.29 is 24.6 Å². The number of aliphatic hydroxyl groups is 1. The van der Waals surface area contributed by atoms with Gasteiger partial charge in [0, 0.05) is 12.5 Å². The fourth-order valence-electron chi connectivity index (χ4n) is 1.97. The van der Waals surface area contributed by atoms with Crippen molar-refractivity contribution in [2.45, 2.75) is 31.8 Å². The molecule has 8 nitrogen and oxygen atoms in total. The second-order valence-electron chi connectivity index (χ2n) is 4.57. The van der Waals surface area contributed by atoms with Crippen molar-refractivity contribution in [3.8, 4) is 0 Å². The van der Waals surface area contributed by atoms with Gasteiger partial charge in [0.1, 0.15) is 6.04 Å². The standard InChI is InChI=1S/C11H19N3O5/c1-6(13-11(18)19)9(16)14-8(5-15)4-7-2-3-12-10(7)17/h6-8,13,15H,2-5H2,1H3,(H,12,17)(H,14,16)(H,18,19)/t6-,7-,8-/m0/s1. The van der Waals surface area contributed by atoms with E-state index in [9.17, 15) is 19.5 Å². The molecule has 8 heteroatoms. The molecule has 0 unspecified atom stereocenters. The highest BCUT2D eigenvalue weighted by atomic mass is 16.4. The molecule has 5 N–H and O–H groups in total. The molecule has 1 heterocycles. The van der Waals surface area contributed by atoms with Crippen molar-refractivity contribution in [1.29, 1.82) is 0 Å². The van der Waals surface area contributed by atoms with Gasteiger partial charge in [-0.3, -0.25) is 9.59 Å². The normalized spacial score (nSPS) is 21.4. The lowest BCUT2D eigenvalue weighted by molar-refractivity contribution is -0.125. The predicted octanol–water partition coefficient (Wildman–Crippen LogP) is -1.35. The molecule has 108 valence electrons. The number of hydrogen-bond acceptors (Lipinski definition) is 4. The SMILES string of the molecule is C[C@H](NC(=O)O)C(=O)N[C@H](CO)C[C@@H]1CCNC1=O. The summed E-state index contributed by atoms with van der Waals surface area (Å²) in [4.78, 5) is 33.4. The molecule has 0 aromatic heterocycles. The Morgan fingerprint density at radius 1 is 1.47 bits per heavy atom. The van der Waals surface area contributed by atoms with E-state index in [0.29, 0.717) is 19.4 Å². The molecule has 1 aliphatic rings. The highest BCUT2D eigenvalue weighted by Gasteiger charge is 2.28. The highest BCUT2D eigenvalue weighted by Crippen LogP contribution is 2.15. The van der Waals surface area contributed by atoms with Gasteiger partial charge in [0.25, 0.3) is 0 Å². The van der Waals surface area contributed by atoms with E-state index in [1.54, 1.807) is 0 Å². The lowest BCUT2D eigenvalue weighted by atomic mass is 9.98. The molecule has 1 rings (SSSR count). The van der Waals surface area contributed by atoms with Gasteiger partial charge in [-0.15, -0.1) is 0 Å². The van der Waals surface area contributed by atoms with Crippen LogP contribution in [0.2, 0.25) is 0 Å². The van der Waals surface area contributed by atoms with Crippen LogP contribution in [0.1, 0.15) is 19.8 Å². The summed E-state index contributed by atoms with van der Waals surface area (Å²) >= 11 is 0. The molecular formula is C11H19N3O5. The quantitative estimate of drug-likeness (QED) is 0.408. The Kier molecular flexibility index (Phi) is 5.56. The second kappa shape index (κ2) is 6.93. The summed E-state index contributed by atoms with van der Waals surface area (Å²) in [5.41, 5.74) is 0. The molecule has 3 amide bonds. The third kappa shape index (κ3) is 4.74. The first-order chi connectivity index (χ1) is 8.93.